The van der Waals surface area contributed by atoms with Crippen LogP contribution in [-0.4, -0.2) is 45.2 Å². The first-order chi connectivity index (χ1) is 29.4. The highest BCUT2D eigenvalue weighted by molar-refractivity contribution is 8.00. The Morgan fingerprint density at radius 1 is 0.433 bits per heavy atom. The first-order valence-corrected chi connectivity index (χ1v) is 24.9. The Bertz CT molecular complexity index is 3090. The summed E-state index contributed by atoms with van der Waals surface area (Å²) < 4.78 is 25.4. The molecule has 0 atom stereocenters. The Morgan fingerprint density at radius 2 is 0.950 bits per heavy atom. The van der Waals surface area contributed by atoms with Gasteiger partial charge in [-0.25, -0.2) is 0 Å². The average Bonchev–Trinajstić information content (AvgIpc) is 3.27. The van der Waals surface area contributed by atoms with Crippen LogP contribution in [0.5, 0.6) is 34.5 Å². The van der Waals surface area contributed by atoms with Crippen molar-refractivity contribution in [2.24, 2.45) is 0 Å². The standard InChI is InChI=1S/C47H34B3N3O3S4/c1-24-14-34-45-42(15-24)54-39-12-8-6-10-27(39)48(45)29-20-30-35(22-33(29)51-34)52(59-4)38-17-26(58-3)19-44-47(38)50(30)32-21-31-36(23-41(32)56-44)53(60-5)37-16-25(57-2)18-43-46(37)49(31)28-11-7-9-13-40(28)55-43/h6-23,51H,1-5H3. The van der Waals surface area contributed by atoms with E-state index in [1.807, 2.05) is 0 Å². The molecule has 0 radical (unpaired) electrons. The number of hydrogen-bond acceptors (Lipinski definition) is 10. The Labute approximate surface area is 367 Å². The van der Waals surface area contributed by atoms with Gasteiger partial charge in [0.25, 0.3) is 20.1 Å². The molecule has 1 N–H and O–H groups in total. The van der Waals surface area contributed by atoms with Gasteiger partial charge in [-0.15, -0.1) is 23.5 Å². The summed E-state index contributed by atoms with van der Waals surface area (Å²) in [5.41, 5.74) is 19.1. The molecule has 60 heavy (non-hydrogen) atoms. The Morgan fingerprint density at radius 3 is 1.55 bits per heavy atom. The lowest BCUT2D eigenvalue weighted by Crippen LogP contribution is -2.64. The lowest BCUT2D eigenvalue weighted by Gasteiger charge is -2.43. The second-order valence-electron chi connectivity index (χ2n) is 16.0. The highest BCUT2D eigenvalue weighted by Gasteiger charge is 2.48. The molecule has 0 fully saturated rings. The van der Waals surface area contributed by atoms with Gasteiger partial charge in [-0.3, -0.25) is 8.61 Å². The van der Waals surface area contributed by atoms with E-state index >= 15 is 0 Å². The van der Waals surface area contributed by atoms with Crippen LogP contribution in [0.25, 0.3) is 0 Å². The molecule has 0 bridgehead atoms. The number of para-hydroxylation sites is 2. The number of fused-ring (bicyclic) bond motifs is 12. The zero-order valence-corrected chi connectivity index (χ0v) is 36.6. The summed E-state index contributed by atoms with van der Waals surface area (Å²) >= 11 is 6.98. The quantitative estimate of drug-likeness (QED) is 0.116. The van der Waals surface area contributed by atoms with Crippen LogP contribution in [0.1, 0.15) is 5.56 Å². The Kier molecular flexibility index (Phi) is 7.71. The minimum Gasteiger partial charge on any atom is -0.458 e. The second-order valence-corrected chi connectivity index (χ2v) is 19.3. The van der Waals surface area contributed by atoms with Gasteiger partial charge in [0.1, 0.15) is 34.5 Å². The molecular formula is C47H34B3N3O3S4. The highest BCUT2D eigenvalue weighted by atomic mass is 32.2. The minimum absolute atomic E-state index is 0.00472. The fourth-order valence-corrected chi connectivity index (χ4v) is 13.0. The number of nitrogens with one attached hydrogen (secondary N) is 1. The highest BCUT2D eigenvalue weighted by Crippen LogP contribution is 2.46. The number of benzene rings is 7. The van der Waals surface area contributed by atoms with Crippen molar-refractivity contribution in [3.8, 4) is 34.5 Å². The molecule has 0 amide bonds. The zero-order chi connectivity index (χ0) is 40.1. The summed E-state index contributed by atoms with van der Waals surface area (Å²) in [4.78, 5) is 2.35. The molecule has 0 unspecified atom stereocenters. The molecule has 7 aromatic carbocycles. The van der Waals surface area contributed by atoms with Crippen LogP contribution in [0, 0.1) is 6.92 Å². The number of aryl methyl sites for hydroxylation is 1. The number of rotatable bonds is 4. The summed E-state index contributed by atoms with van der Waals surface area (Å²) in [5, 5.41) is 3.91. The molecule has 6 heterocycles. The van der Waals surface area contributed by atoms with Gasteiger partial charge in [-0.2, -0.15) is 0 Å². The van der Waals surface area contributed by atoms with Crippen molar-refractivity contribution in [2.75, 3.05) is 39.0 Å². The van der Waals surface area contributed by atoms with Crippen LogP contribution in [0.4, 0.5) is 34.1 Å². The van der Waals surface area contributed by atoms with E-state index in [1.54, 1.807) is 47.4 Å². The smallest absolute Gasteiger partial charge is 0.256 e. The van der Waals surface area contributed by atoms with Crippen molar-refractivity contribution in [2.45, 2.75) is 16.7 Å². The molecule has 0 spiro atoms. The third kappa shape index (κ3) is 4.77. The number of nitrogens with zero attached hydrogens (tertiary/aromatic N) is 2. The van der Waals surface area contributed by atoms with E-state index in [1.165, 1.54) is 81.6 Å². The van der Waals surface area contributed by atoms with Crippen molar-refractivity contribution in [3.05, 3.63) is 115 Å². The molecule has 6 aliphatic heterocycles. The first-order valence-electron chi connectivity index (χ1n) is 20.1. The first kappa shape index (κ1) is 35.7. The lowest BCUT2D eigenvalue weighted by molar-refractivity contribution is 0.485. The fraction of sp³-hybridized carbons (Fsp3) is 0.106. The molecule has 0 aliphatic carbocycles. The Balaban J connectivity index is 1.08. The van der Waals surface area contributed by atoms with Gasteiger partial charge < -0.3 is 19.5 Å². The van der Waals surface area contributed by atoms with Crippen LogP contribution in [-0.2, 0) is 0 Å². The maximum Gasteiger partial charge on any atom is 0.256 e. The van der Waals surface area contributed by atoms with Crippen LogP contribution >= 0.6 is 47.4 Å². The van der Waals surface area contributed by atoms with Crippen molar-refractivity contribution in [3.63, 3.8) is 0 Å². The van der Waals surface area contributed by atoms with Crippen LogP contribution in [0.15, 0.2) is 119 Å². The van der Waals surface area contributed by atoms with Gasteiger partial charge >= 0.3 is 0 Å². The third-order valence-corrected chi connectivity index (χ3v) is 16.0. The van der Waals surface area contributed by atoms with E-state index in [0.29, 0.717) is 0 Å². The van der Waals surface area contributed by atoms with Gasteiger partial charge in [-0.05, 0) is 153 Å². The predicted molar refractivity (Wildman–Crippen MR) is 262 cm³/mol. The molecule has 0 saturated heterocycles. The minimum atomic E-state index is -0.0739. The van der Waals surface area contributed by atoms with Crippen LogP contribution in [0.3, 0.4) is 0 Å². The normalized spacial score (nSPS) is 14.7. The van der Waals surface area contributed by atoms with Crippen molar-refractivity contribution in [1.82, 2.24) is 0 Å². The molecule has 6 nitrogen and oxygen atoms in total. The summed E-state index contributed by atoms with van der Waals surface area (Å²) in [6.07, 6.45) is 8.63. The molecule has 6 aliphatic rings. The van der Waals surface area contributed by atoms with Crippen LogP contribution in [0.2, 0.25) is 0 Å². The zero-order valence-electron chi connectivity index (χ0n) is 33.4. The predicted octanol–water partition coefficient (Wildman–Crippen LogP) is 6.82. The van der Waals surface area contributed by atoms with Crippen molar-refractivity contribution < 1.29 is 14.2 Å². The summed E-state index contributed by atoms with van der Waals surface area (Å²) in [6.45, 7) is 2.08. The molecular weight excluding hydrogens is 815 g/mol. The summed E-state index contributed by atoms with van der Waals surface area (Å²) in [6, 6.07) is 40.4. The monoisotopic (exact) mass is 849 g/mol. The van der Waals surface area contributed by atoms with E-state index in [9.17, 15) is 0 Å². The van der Waals surface area contributed by atoms with Crippen molar-refractivity contribution in [1.29, 1.82) is 0 Å². The molecule has 288 valence electrons. The van der Waals surface area contributed by atoms with E-state index in [4.69, 9.17) is 14.2 Å². The molecule has 0 aromatic heterocycles. The number of ether oxygens (including phenoxy) is 3. The molecule has 13 rings (SSSR count). The molecule has 13 heteroatoms. The van der Waals surface area contributed by atoms with Crippen molar-refractivity contribution >= 4 is 151 Å². The lowest BCUT2D eigenvalue weighted by atomic mass is 9.30. The van der Waals surface area contributed by atoms with E-state index in [0.717, 1.165) is 51.6 Å². The van der Waals surface area contributed by atoms with E-state index in [2.05, 4.69) is 155 Å². The molecule has 0 saturated carbocycles. The average molecular weight is 850 g/mol. The number of hydrogen-bond donors (Lipinski definition) is 1. The molecule has 7 aromatic rings. The SMILES string of the molecule is CSc1cc2c3c(c1)N(SC)c1cc4c(cc1B3c1cc3c(cc1O2)N(SC)c1cc(SC)cc2c1B3c1ccccc1O2)B1c2ccccc2Oc2cc(C)cc(c21)N4. The van der Waals surface area contributed by atoms with E-state index < -0.39 is 0 Å². The van der Waals surface area contributed by atoms with Gasteiger partial charge in [0.15, 0.2) is 0 Å². The topological polar surface area (TPSA) is 46.2 Å². The second kappa shape index (κ2) is 13.0. The van der Waals surface area contributed by atoms with Gasteiger partial charge in [0, 0.05) is 45.4 Å². The van der Waals surface area contributed by atoms with Gasteiger partial charge in [0.05, 0.1) is 17.1 Å². The number of anilines is 6. The van der Waals surface area contributed by atoms with Gasteiger partial charge in [0.2, 0.25) is 0 Å². The maximum absolute atomic E-state index is 7.18. The third-order valence-electron chi connectivity index (χ3n) is 13.0. The Hall–Kier alpha value is -5.07. The summed E-state index contributed by atoms with van der Waals surface area (Å²) in [7, 11) is 0. The van der Waals surface area contributed by atoms with Crippen LogP contribution < -0.4 is 77.3 Å². The number of thioether (sulfide) groups is 2. The maximum atomic E-state index is 7.18. The summed E-state index contributed by atoms with van der Waals surface area (Å²) in [5.74, 6) is 5.51. The van der Waals surface area contributed by atoms with E-state index in [-0.39, 0.29) is 20.1 Å². The largest absolute Gasteiger partial charge is 0.458 e. The fourth-order valence-electron chi connectivity index (χ4n) is 10.7. The van der Waals surface area contributed by atoms with Gasteiger partial charge in [-0.1, -0.05) is 48.5 Å².